The van der Waals surface area contributed by atoms with Crippen LogP contribution in [0.5, 0.6) is 11.5 Å². The summed E-state index contributed by atoms with van der Waals surface area (Å²) in [6.45, 7) is 8.19. The van der Waals surface area contributed by atoms with Crippen LogP contribution in [0.25, 0.3) is 0 Å². The molecule has 0 bridgehead atoms. The maximum absolute atomic E-state index is 15.5. The van der Waals surface area contributed by atoms with E-state index in [2.05, 4.69) is 22.5 Å². The third kappa shape index (κ3) is 7.28. The van der Waals surface area contributed by atoms with Gasteiger partial charge >= 0.3 is 12.0 Å². The molecule has 2 aliphatic heterocycles. The number of benzene rings is 2. The highest BCUT2D eigenvalue weighted by Gasteiger charge is 2.40. The number of hydrogen-bond donors (Lipinski definition) is 3. The Morgan fingerprint density at radius 2 is 1.91 bits per heavy atom. The fraction of sp³-hybridized carbons (Fsp3) is 0.367. The van der Waals surface area contributed by atoms with E-state index in [1.54, 1.807) is 20.8 Å². The molecule has 1 atom stereocenters. The molecule has 0 aliphatic carbocycles. The van der Waals surface area contributed by atoms with Crippen molar-refractivity contribution < 1.29 is 42.6 Å². The zero-order chi connectivity index (χ0) is 32.3. The smallest absolute Gasteiger partial charge is 0.337 e. The van der Waals surface area contributed by atoms with E-state index in [0.717, 1.165) is 0 Å². The fourth-order valence-corrected chi connectivity index (χ4v) is 4.84. The number of ether oxygens (including phenoxy) is 3. The number of carbonyl (C=O) groups is 5. The monoisotopic (exact) mass is 630 g/mol. The lowest BCUT2D eigenvalue weighted by Crippen LogP contribution is -2.52. The summed E-state index contributed by atoms with van der Waals surface area (Å²) in [4.78, 5) is 63.0. The Hall–Kier alpha value is -4.65. The van der Waals surface area contributed by atoms with E-state index < -0.39 is 47.2 Å². The Morgan fingerprint density at radius 3 is 2.57 bits per heavy atom. The Morgan fingerprint density at radius 1 is 1.18 bits per heavy atom. The van der Waals surface area contributed by atoms with Crippen LogP contribution in [0.4, 0.5) is 14.9 Å². The van der Waals surface area contributed by atoms with Gasteiger partial charge in [-0.05, 0) is 33.3 Å². The van der Waals surface area contributed by atoms with Gasteiger partial charge in [0, 0.05) is 41.8 Å². The van der Waals surface area contributed by atoms with Crippen molar-refractivity contribution >= 4 is 47.0 Å². The Balaban J connectivity index is 1.42. The van der Waals surface area contributed by atoms with Crippen molar-refractivity contribution in [1.29, 1.82) is 0 Å². The van der Waals surface area contributed by atoms with Crippen molar-refractivity contribution in [3.05, 3.63) is 63.9 Å². The average molecular weight is 631 g/mol. The second kappa shape index (κ2) is 12.9. The number of nitrogens with zero attached hydrogens (tertiary/aromatic N) is 1. The molecule has 3 N–H and O–H groups in total. The maximum Gasteiger partial charge on any atom is 0.337 e. The zero-order valence-electron chi connectivity index (χ0n) is 24.6. The molecule has 0 aromatic heterocycles. The molecule has 2 aromatic carbocycles. The van der Waals surface area contributed by atoms with Crippen molar-refractivity contribution in [2.75, 3.05) is 19.0 Å². The number of esters is 1. The molecule has 1 fully saturated rings. The van der Waals surface area contributed by atoms with Crippen LogP contribution in [-0.4, -0.2) is 60.0 Å². The number of carbonyl (C=O) groups excluding carboxylic acids is 5. The Labute approximate surface area is 257 Å². The van der Waals surface area contributed by atoms with E-state index in [1.165, 1.54) is 36.3 Å². The first-order chi connectivity index (χ1) is 20.7. The van der Waals surface area contributed by atoms with Crippen LogP contribution in [0.2, 0.25) is 5.02 Å². The molecule has 4 rings (SSSR count). The molecule has 2 aliphatic rings. The summed E-state index contributed by atoms with van der Waals surface area (Å²) in [6, 6.07) is 4.01. The number of methoxy groups -OCH3 is 1. The predicted molar refractivity (Wildman–Crippen MR) is 157 cm³/mol. The summed E-state index contributed by atoms with van der Waals surface area (Å²) in [7, 11) is 1.39. The van der Waals surface area contributed by atoms with Crippen LogP contribution >= 0.6 is 11.6 Å². The van der Waals surface area contributed by atoms with Gasteiger partial charge in [-0.1, -0.05) is 24.2 Å². The standard InChI is InChI=1S/C30H32ClFN4O8/c1-15(28(40)44-30(2,3)4)14-43-23-10-19(31)22(42-5)11-20(23)34-29(41)33-12-16-6-7-17-18(25(16)32)13-36(27(17)39)21-8-9-24(37)35-26(21)38/h6-7,10-11,21H,1,8-9,12-14H2,2-5H3,(H2,33,34,41)(H,35,37,38). The van der Waals surface area contributed by atoms with Crippen molar-refractivity contribution in [2.45, 2.75) is 58.3 Å². The number of amides is 5. The number of hydrogen-bond acceptors (Lipinski definition) is 8. The van der Waals surface area contributed by atoms with Gasteiger partial charge in [-0.3, -0.25) is 19.7 Å². The number of fused-ring (bicyclic) bond motifs is 1. The molecule has 1 unspecified atom stereocenters. The molecule has 12 nitrogen and oxygen atoms in total. The number of nitrogens with one attached hydrogen (secondary N) is 3. The second-order valence-electron chi connectivity index (χ2n) is 11.1. The molecule has 0 spiro atoms. The molecule has 234 valence electrons. The summed E-state index contributed by atoms with van der Waals surface area (Å²) in [6.07, 6.45) is 0.227. The van der Waals surface area contributed by atoms with Crippen molar-refractivity contribution in [3.63, 3.8) is 0 Å². The predicted octanol–water partition coefficient (Wildman–Crippen LogP) is 3.85. The van der Waals surface area contributed by atoms with Gasteiger partial charge in [-0.2, -0.15) is 0 Å². The Kier molecular flexibility index (Phi) is 9.47. The number of imide groups is 1. The summed E-state index contributed by atoms with van der Waals surface area (Å²) in [5.74, 6) is -2.54. The number of rotatable bonds is 9. The van der Waals surface area contributed by atoms with Gasteiger partial charge in [-0.25, -0.2) is 14.0 Å². The van der Waals surface area contributed by atoms with Gasteiger partial charge < -0.3 is 29.7 Å². The van der Waals surface area contributed by atoms with Crippen molar-refractivity contribution in [3.8, 4) is 11.5 Å². The summed E-state index contributed by atoms with van der Waals surface area (Å²) >= 11 is 6.24. The van der Waals surface area contributed by atoms with E-state index >= 15 is 4.39 Å². The highest BCUT2D eigenvalue weighted by Crippen LogP contribution is 2.36. The number of piperidine rings is 1. The van der Waals surface area contributed by atoms with E-state index in [1.807, 2.05) is 0 Å². The van der Waals surface area contributed by atoms with E-state index in [9.17, 15) is 24.0 Å². The highest BCUT2D eigenvalue weighted by molar-refractivity contribution is 6.32. The number of anilines is 1. The van der Waals surface area contributed by atoms with Crippen molar-refractivity contribution in [2.24, 2.45) is 0 Å². The minimum absolute atomic E-state index is 0.0315. The third-order valence-corrected chi connectivity index (χ3v) is 7.06. The van der Waals surface area contributed by atoms with E-state index in [0.29, 0.717) is 0 Å². The van der Waals surface area contributed by atoms with E-state index in [4.69, 9.17) is 25.8 Å². The molecule has 5 amide bonds. The molecule has 0 radical (unpaired) electrons. The first kappa shape index (κ1) is 32.3. The lowest BCUT2D eigenvalue weighted by molar-refractivity contribution is -0.150. The molecule has 44 heavy (non-hydrogen) atoms. The highest BCUT2D eigenvalue weighted by atomic mass is 35.5. The quantitative estimate of drug-likeness (QED) is 0.215. The summed E-state index contributed by atoms with van der Waals surface area (Å²) < 4.78 is 31.7. The molecular formula is C30H32ClFN4O8. The van der Waals surface area contributed by atoms with Crippen molar-refractivity contribution in [1.82, 2.24) is 15.5 Å². The Bertz CT molecular complexity index is 1550. The van der Waals surface area contributed by atoms with Gasteiger partial charge in [0.25, 0.3) is 5.91 Å². The van der Waals surface area contributed by atoms with Crippen LogP contribution in [0, 0.1) is 5.82 Å². The molecule has 2 aromatic rings. The van der Waals surface area contributed by atoms with Crippen LogP contribution in [0.3, 0.4) is 0 Å². The van der Waals surface area contributed by atoms with Crippen LogP contribution < -0.4 is 25.4 Å². The summed E-state index contributed by atoms with van der Waals surface area (Å²) in [5.41, 5.74) is -0.235. The number of urea groups is 1. The van der Waals surface area contributed by atoms with Crippen LogP contribution in [0.1, 0.15) is 55.1 Å². The first-order valence-electron chi connectivity index (χ1n) is 13.6. The van der Waals surface area contributed by atoms with Crippen LogP contribution in [-0.2, 0) is 32.2 Å². The number of halogens is 2. The van der Waals surface area contributed by atoms with Crippen LogP contribution in [0.15, 0.2) is 36.4 Å². The van der Waals surface area contributed by atoms with Gasteiger partial charge in [0.05, 0.1) is 29.9 Å². The fourth-order valence-electron chi connectivity index (χ4n) is 4.61. The summed E-state index contributed by atoms with van der Waals surface area (Å²) in [5, 5.41) is 7.53. The maximum atomic E-state index is 15.5. The lowest BCUT2D eigenvalue weighted by atomic mass is 10.0. The molecule has 14 heteroatoms. The SMILES string of the molecule is C=C(COc1cc(Cl)c(OC)cc1NC(=O)NCc1ccc2c(c1F)CN(C1CCC(=O)NC1=O)C2=O)C(=O)OC(C)(C)C. The zero-order valence-corrected chi connectivity index (χ0v) is 25.4. The average Bonchev–Trinajstić information content (AvgIpc) is 3.28. The third-order valence-electron chi connectivity index (χ3n) is 6.76. The topological polar surface area (TPSA) is 152 Å². The first-order valence-corrected chi connectivity index (χ1v) is 14.0. The minimum atomic E-state index is -0.881. The molecule has 2 heterocycles. The molecule has 1 saturated heterocycles. The van der Waals surface area contributed by atoms with Gasteiger partial charge in [-0.15, -0.1) is 0 Å². The second-order valence-corrected chi connectivity index (χ2v) is 11.6. The lowest BCUT2D eigenvalue weighted by Gasteiger charge is -2.29. The largest absolute Gasteiger partial charge is 0.495 e. The molecular weight excluding hydrogens is 599 g/mol. The van der Waals surface area contributed by atoms with Gasteiger partial charge in [0.15, 0.2) is 0 Å². The minimum Gasteiger partial charge on any atom is -0.495 e. The van der Waals surface area contributed by atoms with Gasteiger partial charge in [0.2, 0.25) is 11.8 Å². The molecule has 0 saturated carbocycles. The van der Waals surface area contributed by atoms with Gasteiger partial charge in [0.1, 0.15) is 35.6 Å². The normalized spacial score (nSPS) is 16.2. The van der Waals surface area contributed by atoms with E-state index in [-0.39, 0.29) is 77.0 Å².